The first kappa shape index (κ1) is 8.63. The average Bonchev–Trinajstić information content (AvgIpc) is 2.29. The zero-order valence-corrected chi connectivity index (χ0v) is 7.67. The van der Waals surface area contributed by atoms with E-state index in [1.807, 2.05) is 42.6 Å². The van der Waals surface area contributed by atoms with Crippen molar-refractivity contribution in [2.24, 2.45) is 0 Å². The number of hydrogen-bond acceptors (Lipinski definition) is 2. The van der Waals surface area contributed by atoms with Gasteiger partial charge in [-0.15, -0.1) is 0 Å². The quantitative estimate of drug-likeness (QED) is 0.713. The first-order valence-corrected chi connectivity index (χ1v) is 4.43. The van der Waals surface area contributed by atoms with Crippen molar-refractivity contribution in [3.8, 4) is 0 Å². The summed E-state index contributed by atoms with van der Waals surface area (Å²) in [6.45, 7) is 0. The Hall–Kier alpha value is -1.96. The molecule has 0 bridgehead atoms. The van der Waals surface area contributed by atoms with Crippen LogP contribution in [-0.4, -0.2) is 9.97 Å². The number of pyridine rings is 2. The standard InChI is InChI=1S/C12H10N2/c1-2-12(10-14-7-1)4-3-11-5-8-13-9-6-11/h1-10H/b4-3+. The SMILES string of the molecule is C(=C\c1cccnc1)/c1ccncc1. The lowest BCUT2D eigenvalue weighted by atomic mass is 10.2. The second-order valence-corrected chi connectivity index (χ2v) is 2.90. The van der Waals surface area contributed by atoms with E-state index in [9.17, 15) is 0 Å². The van der Waals surface area contributed by atoms with Crippen LogP contribution in [0.3, 0.4) is 0 Å². The fourth-order valence-electron chi connectivity index (χ4n) is 1.14. The van der Waals surface area contributed by atoms with E-state index in [1.165, 1.54) is 0 Å². The summed E-state index contributed by atoms with van der Waals surface area (Å²) >= 11 is 0. The third kappa shape index (κ3) is 2.26. The summed E-state index contributed by atoms with van der Waals surface area (Å²) < 4.78 is 0. The van der Waals surface area contributed by atoms with E-state index in [2.05, 4.69) is 9.97 Å². The second-order valence-electron chi connectivity index (χ2n) is 2.90. The molecule has 0 aliphatic rings. The summed E-state index contributed by atoms with van der Waals surface area (Å²) in [4.78, 5) is 7.99. The molecule has 0 radical (unpaired) electrons. The lowest BCUT2D eigenvalue weighted by Crippen LogP contribution is -1.75. The van der Waals surface area contributed by atoms with Crippen molar-refractivity contribution in [1.82, 2.24) is 9.97 Å². The summed E-state index contributed by atoms with van der Waals surface area (Å²) in [7, 11) is 0. The Balaban J connectivity index is 2.16. The van der Waals surface area contributed by atoms with Crippen LogP contribution in [0.4, 0.5) is 0 Å². The molecule has 0 saturated heterocycles. The molecule has 0 aliphatic heterocycles. The Morgan fingerprint density at radius 2 is 1.57 bits per heavy atom. The number of aromatic nitrogens is 2. The minimum atomic E-state index is 1.10. The molecule has 0 aliphatic carbocycles. The van der Waals surface area contributed by atoms with Gasteiger partial charge in [-0.2, -0.15) is 0 Å². The highest BCUT2D eigenvalue weighted by atomic mass is 14.6. The van der Waals surface area contributed by atoms with Gasteiger partial charge in [0.1, 0.15) is 0 Å². The largest absolute Gasteiger partial charge is 0.265 e. The summed E-state index contributed by atoms with van der Waals surface area (Å²) in [5.41, 5.74) is 2.24. The van der Waals surface area contributed by atoms with E-state index >= 15 is 0 Å². The molecular weight excluding hydrogens is 172 g/mol. The summed E-state index contributed by atoms with van der Waals surface area (Å²) in [5, 5.41) is 0. The van der Waals surface area contributed by atoms with E-state index in [1.54, 1.807) is 18.6 Å². The van der Waals surface area contributed by atoms with Crippen molar-refractivity contribution in [3.05, 3.63) is 60.2 Å². The number of nitrogens with zero attached hydrogens (tertiary/aromatic N) is 2. The zero-order valence-electron chi connectivity index (χ0n) is 7.67. The molecule has 0 unspecified atom stereocenters. The molecule has 2 heteroatoms. The average molecular weight is 182 g/mol. The van der Waals surface area contributed by atoms with E-state index in [-0.39, 0.29) is 0 Å². The van der Waals surface area contributed by atoms with E-state index < -0.39 is 0 Å². The van der Waals surface area contributed by atoms with Crippen LogP contribution in [0.2, 0.25) is 0 Å². The molecule has 2 aromatic rings. The molecule has 2 aromatic heterocycles. The van der Waals surface area contributed by atoms with Crippen LogP contribution in [0.25, 0.3) is 12.2 Å². The number of rotatable bonds is 2. The Bertz CT molecular complexity index is 365. The monoisotopic (exact) mass is 182 g/mol. The van der Waals surface area contributed by atoms with Gasteiger partial charge in [0.2, 0.25) is 0 Å². The van der Waals surface area contributed by atoms with Gasteiger partial charge in [0.15, 0.2) is 0 Å². The van der Waals surface area contributed by atoms with Gasteiger partial charge in [-0.1, -0.05) is 18.2 Å². The molecule has 0 saturated carbocycles. The highest BCUT2D eigenvalue weighted by Crippen LogP contribution is 2.05. The third-order valence-corrected chi connectivity index (χ3v) is 1.86. The first-order valence-electron chi connectivity index (χ1n) is 4.43. The van der Waals surface area contributed by atoms with Gasteiger partial charge >= 0.3 is 0 Å². The second kappa shape index (κ2) is 4.33. The Labute approximate surface area is 83.0 Å². The zero-order chi connectivity index (χ0) is 9.64. The Morgan fingerprint density at radius 3 is 2.29 bits per heavy atom. The maximum Gasteiger partial charge on any atom is 0.0340 e. The summed E-state index contributed by atoms with van der Waals surface area (Å²) in [6.07, 6.45) is 11.2. The van der Waals surface area contributed by atoms with Crippen molar-refractivity contribution in [3.63, 3.8) is 0 Å². The lowest BCUT2D eigenvalue weighted by molar-refractivity contribution is 1.32. The smallest absolute Gasteiger partial charge is 0.0340 e. The molecule has 2 nitrogen and oxygen atoms in total. The van der Waals surface area contributed by atoms with Gasteiger partial charge in [0.25, 0.3) is 0 Å². The van der Waals surface area contributed by atoms with Gasteiger partial charge in [-0.25, -0.2) is 0 Å². The van der Waals surface area contributed by atoms with Gasteiger partial charge in [0, 0.05) is 24.8 Å². The summed E-state index contributed by atoms with van der Waals surface area (Å²) in [6, 6.07) is 7.87. The van der Waals surface area contributed by atoms with E-state index in [4.69, 9.17) is 0 Å². The third-order valence-electron chi connectivity index (χ3n) is 1.86. The molecule has 14 heavy (non-hydrogen) atoms. The number of hydrogen-bond donors (Lipinski definition) is 0. The topological polar surface area (TPSA) is 25.8 Å². The molecular formula is C12H10N2. The molecule has 0 fully saturated rings. The van der Waals surface area contributed by atoms with Gasteiger partial charge in [-0.05, 0) is 29.3 Å². The van der Waals surface area contributed by atoms with Gasteiger partial charge in [-0.3, -0.25) is 9.97 Å². The predicted octanol–water partition coefficient (Wildman–Crippen LogP) is 2.65. The molecule has 0 aromatic carbocycles. The highest BCUT2D eigenvalue weighted by molar-refractivity contribution is 5.68. The van der Waals surface area contributed by atoms with Crippen LogP contribution in [0.5, 0.6) is 0 Å². The fraction of sp³-hybridized carbons (Fsp3) is 0. The van der Waals surface area contributed by atoms with Crippen LogP contribution in [0, 0.1) is 0 Å². The summed E-state index contributed by atoms with van der Waals surface area (Å²) in [5.74, 6) is 0. The highest BCUT2D eigenvalue weighted by Gasteiger charge is 1.85. The molecule has 0 spiro atoms. The van der Waals surface area contributed by atoms with Crippen LogP contribution in [-0.2, 0) is 0 Å². The van der Waals surface area contributed by atoms with Crippen molar-refractivity contribution in [2.45, 2.75) is 0 Å². The maximum atomic E-state index is 4.03. The lowest BCUT2D eigenvalue weighted by Gasteiger charge is -1.91. The van der Waals surface area contributed by atoms with E-state index in [0.717, 1.165) is 11.1 Å². The van der Waals surface area contributed by atoms with Gasteiger partial charge in [0.05, 0.1) is 0 Å². The van der Waals surface area contributed by atoms with Gasteiger partial charge < -0.3 is 0 Å². The van der Waals surface area contributed by atoms with Crippen LogP contribution in [0.15, 0.2) is 49.1 Å². The van der Waals surface area contributed by atoms with Crippen LogP contribution < -0.4 is 0 Å². The minimum absolute atomic E-state index is 1.10. The molecule has 2 rings (SSSR count). The van der Waals surface area contributed by atoms with Crippen molar-refractivity contribution < 1.29 is 0 Å². The molecule has 2 heterocycles. The predicted molar refractivity (Wildman–Crippen MR) is 57.4 cm³/mol. The maximum absolute atomic E-state index is 4.03. The normalized spacial score (nSPS) is 10.6. The Morgan fingerprint density at radius 1 is 0.786 bits per heavy atom. The van der Waals surface area contributed by atoms with Crippen molar-refractivity contribution in [1.29, 1.82) is 0 Å². The van der Waals surface area contributed by atoms with Crippen LogP contribution >= 0.6 is 0 Å². The first-order chi connectivity index (χ1) is 6.95. The van der Waals surface area contributed by atoms with Crippen molar-refractivity contribution >= 4 is 12.2 Å². The van der Waals surface area contributed by atoms with Crippen LogP contribution in [0.1, 0.15) is 11.1 Å². The molecule has 0 amide bonds. The molecule has 68 valence electrons. The minimum Gasteiger partial charge on any atom is -0.265 e. The Kier molecular flexibility index (Phi) is 2.67. The fourth-order valence-corrected chi connectivity index (χ4v) is 1.14. The molecule has 0 N–H and O–H groups in total. The van der Waals surface area contributed by atoms with E-state index in [0.29, 0.717) is 0 Å². The van der Waals surface area contributed by atoms with Crippen molar-refractivity contribution in [2.75, 3.05) is 0 Å². The molecule has 0 atom stereocenters.